The van der Waals surface area contributed by atoms with Crippen molar-refractivity contribution in [3.63, 3.8) is 0 Å². The minimum absolute atomic E-state index is 0.118. The van der Waals surface area contributed by atoms with Crippen molar-refractivity contribution in [3.05, 3.63) is 67.8 Å². The summed E-state index contributed by atoms with van der Waals surface area (Å²) in [5.74, 6) is -0.118. The average molecular weight is 354 g/mol. The second kappa shape index (κ2) is 6.54. The SMILES string of the molecule is CCC(=O)O[I+](c1ccccc1)c1ccccc1. The molecule has 0 aromatic heterocycles. The van der Waals surface area contributed by atoms with Crippen LogP contribution in [0.3, 0.4) is 0 Å². The van der Waals surface area contributed by atoms with Gasteiger partial charge in [-0.05, 0) is 24.3 Å². The Bertz CT molecular complexity index is 457. The molecular formula is C15H15IO2+. The van der Waals surface area contributed by atoms with Crippen LogP contribution in [0.25, 0.3) is 0 Å². The third-order valence-corrected chi connectivity index (χ3v) is 6.95. The molecule has 1 radical (unpaired) electrons. The molecule has 0 aliphatic heterocycles. The Morgan fingerprint density at radius 1 is 0.944 bits per heavy atom. The lowest BCUT2D eigenvalue weighted by atomic mass is 10.4. The Balaban J connectivity index is 2.32. The van der Waals surface area contributed by atoms with Gasteiger partial charge in [-0.2, -0.15) is 0 Å². The molecular weight excluding hydrogens is 339 g/mol. The van der Waals surface area contributed by atoms with E-state index in [4.69, 9.17) is 3.07 Å². The molecule has 0 aliphatic carbocycles. The normalized spacial score (nSPS) is 10.3. The summed E-state index contributed by atoms with van der Waals surface area (Å²) < 4.78 is 7.99. The van der Waals surface area contributed by atoms with Crippen LogP contribution < -0.4 is 20.2 Å². The van der Waals surface area contributed by atoms with Crippen LogP contribution in [-0.2, 0) is 7.86 Å². The highest BCUT2D eigenvalue weighted by atomic mass is 127. The van der Waals surface area contributed by atoms with Crippen molar-refractivity contribution >= 4 is 5.97 Å². The van der Waals surface area contributed by atoms with E-state index in [2.05, 4.69) is 0 Å². The first kappa shape index (κ1) is 13.1. The topological polar surface area (TPSA) is 26.3 Å². The lowest BCUT2D eigenvalue weighted by molar-refractivity contribution is -1.04. The summed E-state index contributed by atoms with van der Waals surface area (Å²) in [7, 11) is 0. The number of benzene rings is 2. The minimum atomic E-state index is -2.07. The third-order valence-electron chi connectivity index (χ3n) is 2.31. The first-order chi connectivity index (χ1) is 8.81. The Morgan fingerprint density at radius 3 is 1.78 bits per heavy atom. The molecule has 2 rings (SSSR count). The fourth-order valence-corrected chi connectivity index (χ4v) is 5.58. The largest absolute Gasteiger partial charge is 0.359 e. The van der Waals surface area contributed by atoms with Gasteiger partial charge in [-0.25, -0.2) is 7.86 Å². The maximum Gasteiger partial charge on any atom is 0.359 e. The molecule has 0 amide bonds. The van der Waals surface area contributed by atoms with Gasteiger partial charge >= 0.3 is 26.2 Å². The van der Waals surface area contributed by atoms with Crippen LogP contribution >= 0.6 is 0 Å². The molecule has 3 heteroatoms. The molecule has 0 saturated carbocycles. The van der Waals surface area contributed by atoms with Gasteiger partial charge in [-0.3, -0.25) is 0 Å². The molecule has 2 aromatic rings. The molecule has 0 heterocycles. The van der Waals surface area contributed by atoms with Crippen molar-refractivity contribution in [1.29, 1.82) is 0 Å². The number of carbonyl (C=O) groups is 1. The summed E-state index contributed by atoms with van der Waals surface area (Å²) in [6.07, 6.45) is 0.424. The van der Waals surface area contributed by atoms with Crippen LogP contribution in [-0.4, -0.2) is 5.97 Å². The number of carbonyl (C=O) groups excluding carboxylic acids is 1. The highest BCUT2D eigenvalue weighted by Crippen LogP contribution is 1.88. The summed E-state index contributed by atoms with van der Waals surface area (Å²) in [4.78, 5) is 11.6. The van der Waals surface area contributed by atoms with Gasteiger partial charge in [0.25, 0.3) is 0 Å². The lowest BCUT2D eigenvalue weighted by Crippen LogP contribution is -3.85. The molecule has 0 atom stereocenters. The van der Waals surface area contributed by atoms with Gasteiger partial charge in [0.15, 0.2) is 7.14 Å². The number of hydrogen-bond acceptors (Lipinski definition) is 2. The Morgan fingerprint density at radius 2 is 1.39 bits per heavy atom. The van der Waals surface area contributed by atoms with E-state index >= 15 is 0 Å². The van der Waals surface area contributed by atoms with E-state index in [-0.39, 0.29) is 5.97 Å². The summed E-state index contributed by atoms with van der Waals surface area (Å²) in [6.45, 7) is 1.83. The van der Waals surface area contributed by atoms with Crippen molar-refractivity contribution < 1.29 is 28.1 Å². The highest BCUT2D eigenvalue weighted by molar-refractivity contribution is 5.68. The molecule has 0 fully saturated rings. The summed E-state index contributed by atoms with van der Waals surface area (Å²) in [5, 5.41) is 0. The molecule has 2 aromatic carbocycles. The number of rotatable bonds is 4. The molecule has 0 saturated heterocycles. The van der Waals surface area contributed by atoms with E-state index < -0.39 is 20.2 Å². The van der Waals surface area contributed by atoms with E-state index in [0.717, 1.165) is 7.14 Å². The smallest absolute Gasteiger partial charge is 0.247 e. The zero-order valence-electron chi connectivity index (χ0n) is 10.2. The summed E-state index contributed by atoms with van der Waals surface area (Å²) in [5.41, 5.74) is 0. The first-order valence-corrected chi connectivity index (χ1v) is 8.86. The van der Waals surface area contributed by atoms with Crippen molar-refractivity contribution in [2.45, 2.75) is 13.3 Å². The lowest BCUT2D eigenvalue weighted by Gasteiger charge is -2.03. The monoisotopic (exact) mass is 354 g/mol. The van der Waals surface area contributed by atoms with Gasteiger partial charge in [-0.15, -0.1) is 0 Å². The van der Waals surface area contributed by atoms with Gasteiger partial charge in [0.1, 0.15) is 0 Å². The molecule has 0 unspecified atom stereocenters. The molecule has 0 bridgehead atoms. The van der Waals surface area contributed by atoms with E-state index in [1.54, 1.807) is 0 Å². The Kier molecular flexibility index (Phi) is 4.75. The van der Waals surface area contributed by atoms with Crippen LogP contribution in [0.2, 0.25) is 0 Å². The maximum absolute atomic E-state index is 11.6. The number of hydrogen-bond donors (Lipinski definition) is 0. The molecule has 2 nitrogen and oxygen atoms in total. The fraction of sp³-hybridized carbons (Fsp3) is 0.133. The maximum atomic E-state index is 11.6. The van der Waals surface area contributed by atoms with Gasteiger partial charge in [0.05, 0.1) is 0 Å². The van der Waals surface area contributed by atoms with E-state index in [1.165, 1.54) is 0 Å². The average Bonchev–Trinajstić information content (AvgIpc) is 2.46. The van der Waals surface area contributed by atoms with Crippen LogP contribution in [0.1, 0.15) is 13.3 Å². The van der Waals surface area contributed by atoms with Gasteiger partial charge < -0.3 is 0 Å². The second-order valence-electron chi connectivity index (χ2n) is 3.64. The molecule has 0 N–H and O–H groups in total. The van der Waals surface area contributed by atoms with E-state index in [0.29, 0.717) is 6.42 Å². The van der Waals surface area contributed by atoms with Crippen LogP contribution in [0.5, 0.6) is 0 Å². The van der Waals surface area contributed by atoms with E-state index in [1.807, 2.05) is 67.6 Å². The first-order valence-electron chi connectivity index (χ1n) is 5.82. The summed E-state index contributed by atoms with van der Waals surface area (Å²) in [6, 6.07) is 20.1. The third kappa shape index (κ3) is 3.32. The molecule has 0 aliphatic rings. The number of halogens is 1. The van der Waals surface area contributed by atoms with Gasteiger partial charge in [-0.1, -0.05) is 43.3 Å². The standard InChI is InChI=1S/C15H15IO2/c1-2-15(17)18-16(13-9-5-3-6-10-13)14-11-7-4-8-12-14/h3-12H,2H2,1H3/q+1. The zero-order valence-corrected chi connectivity index (χ0v) is 12.3. The van der Waals surface area contributed by atoms with Crippen molar-refractivity contribution in [3.8, 4) is 0 Å². The van der Waals surface area contributed by atoms with Crippen LogP contribution in [0.15, 0.2) is 60.7 Å². The fourth-order valence-electron chi connectivity index (χ4n) is 1.41. The second-order valence-corrected chi connectivity index (χ2v) is 7.99. The summed E-state index contributed by atoms with van der Waals surface area (Å²) >= 11 is -2.07. The van der Waals surface area contributed by atoms with Gasteiger partial charge in [0, 0.05) is 6.42 Å². The van der Waals surface area contributed by atoms with Gasteiger partial charge in [0.2, 0.25) is 0 Å². The van der Waals surface area contributed by atoms with Crippen LogP contribution in [0, 0.1) is 7.14 Å². The molecule has 18 heavy (non-hydrogen) atoms. The van der Waals surface area contributed by atoms with Crippen molar-refractivity contribution in [2.75, 3.05) is 0 Å². The van der Waals surface area contributed by atoms with Crippen LogP contribution in [0.4, 0.5) is 0 Å². The molecule has 0 spiro atoms. The predicted octanol–water partition coefficient (Wildman–Crippen LogP) is 0.219. The Labute approximate surface area is 115 Å². The Hall–Kier alpha value is -1.36. The quantitative estimate of drug-likeness (QED) is 0.735. The van der Waals surface area contributed by atoms with Crippen molar-refractivity contribution in [1.82, 2.24) is 0 Å². The zero-order chi connectivity index (χ0) is 12.8. The highest BCUT2D eigenvalue weighted by Gasteiger charge is 2.32. The minimum Gasteiger partial charge on any atom is -0.247 e. The predicted molar refractivity (Wildman–Crippen MR) is 66.7 cm³/mol. The van der Waals surface area contributed by atoms with Crippen molar-refractivity contribution in [2.24, 2.45) is 0 Å². The van der Waals surface area contributed by atoms with E-state index in [9.17, 15) is 4.79 Å². The molecule has 93 valence electrons.